The summed E-state index contributed by atoms with van der Waals surface area (Å²) >= 11 is 5.21. The number of thiocarbonyl (C=S) groups is 1. The van der Waals surface area contributed by atoms with E-state index in [1.807, 2.05) is 36.4 Å². The number of rotatable bonds is 8. The van der Waals surface area contributed by atoms with Crippen molar-refractivity contribution < 1.29 is 4.74 Å². The first-order valence-corrected chi connectivity index (χ1v) is 6.44. The number of ether oxygens (including phenoxy) is 1. The lowest BCUT2D eigenvalue weighted by atomic mass is 10.0. The largest absolute Gasteiger partial charge is 0.497 e. The molecule has 0 amide bonds. The average Bonchev–Trinajstić information content (AvgIpc) is 2.39. The Morgan fingerprint density at radius 3 is 2.53 bits per heavy atom. The molecule has 3 nitrogen and oxygen atoms in total. The Hall–Kier alpha value is -1.65. The van der Waals surface area contributed by atoms with E-state index in [9.17, 15) is 0 Å². The third-order valence-electron chi connectivity index (χ3n) is 2.77. The molecule has 0 aromatic heterocycles. The van der Waals surface area contributed by atoms with E-state index in [1.54, 1.807) is 7.11 Å². The van der Waals surface area contributed by atoms with Crippen LogP contribution in [0.15, 0.2) is 49.6 Å². The second kappa shape index (κ2) is 7.71. The highest BCUT2D eigenvalue weighted by atomic mass is 32.1. The molecule has 1 rings (SSSR count). The van der Waals surface area contributed by atoms with Crippen LogP contribution in [0.1, 0.15) is 11.6 Å². The van der Waals surface area contributed by atoms with Gasteiger partial charge >= 0.3 is 0 Å². The van der Waals surface area contributed by atoms with Crippen molar-refractivity contribution in [2.24, 2.45) is 5.73 Å². The average molecular weight is 276 g/mol. The van der Waals surface area contributed by atoms with Crippen LogP contribution in [0.4, 0.5) is 0 Å². The van der Waals surface area contributed by atoms with Gasteiger partial charge in [-0.1, -0.05) is 36.5 Å². The van der Waals surface area contributed by atoms with Crippen LogP contribution in [-0.4, -0.2) is 30.1 Å². The van der Waals surface area contributed by atoms with Crippen molar-refractivity contribution in [1.29, 1.82) is 0 Å². The summed E-state index contributed by atoms with van der Waals surface area (Å²) in [7, 11) is 1.64. The predicted octanol–water partition coefficient (Wildman–Crippen LogP) is 2.70. The Morgan fingerprint density at radius 1 is 1.42 bits per heavy atom. The first kappa shape index (κ1) is 15.4. The zero-order chi connectivity index (χ0) is 14.3. The van der Waals surface area contributed by atoms with Crippen molar-refractivity contribution in [3.8, 4) is 5.75 Å². The van der Waals surface area contributed by atoms with Crippen molar-refractivity contribution in [2.45, 2.75) is 6.04 Å². The maximum atomic E-state index is 5.90. The van der Waals surface area contributed by atoms with Gasteiger partial charge in [0, 0.05) is 13.1 Å². The molecule has 0 aliphatic heterocycles. The van der Waals surface area contributed by atoms with E-state index in [2.05, 4.69) is 18.1 Å². The van der Waals surface area contributed by atoms with Gasteiger partial charge in [-0.05, 0) is 17.7 Å². The quantitative estimate of drug-likeness (QED) is 0.585. The first-order chi connectivity index (χ1) is 9.13. The van der Waals surface area contributed by atoms with E-state index in [0.717, 1.165) is 11.3 Å². The molecule has 0 heterocycles. The predicted molar refractivity (Wildman–Crippen MR) is 84.5 cm³/mol. The van der Waals surface area contributed by atoms with Crippen LogP contribution in [0, 0.1) is 0 Å². The maximum absolute atomic E-state index is 5.90. The molecule has 19 heavy (non-hydrogen) atoms. The number of hydrogen-bond donors (Lipinski definition) is 1. The zero-order valence-electron chi connectivity index (χ0n) is 11.2. The SMILES string of the molecule is C=CCN(CC=C)C(C(N)=S)c1cccc(OC)c1. The van der Waals surface area contributed by atoms with E-state index < -0.39 is 0 Å². The van der Waals surface area contributed by atoms with E-state index in [-0.39, 0.29) is 6.04 Å². The van der Waals surface area contributed by atoms with Gasteiger partial charge in [-0.15, -0.1) is 13.2 Å². The second-order valence-corrected chi connectivity index (χ2v) is 4.58. The fourth-order valence-corrected chi connectivity index (χ4v) is 2.27. The summed E-state index contributed by atoms with van der Waals surface area (Å²) in [6.45, 7) is 8.91. The highest BCUT2D eigenvalue weighted by molar-refractivity contribution is 7.80. The summed E-state index contributed by atoms with van der Waals surface area (Å²) in [6, 6.07) is 7.61. The monoisotopic (exact) mass is 276 g/mol. The Labute approximate surface area is 120 Å². The third kappa shape index (κ3) is 4.19. The van der Waals surface area contributed by atoms with Gasteiger partial charge in [-0.3, -0.25) is 4.90 Å². The van der Waals surface area contributed by atoms with Crippen LogP contribution >= 0.6 is 12.2 Å². The topological polar surface area (TPSA) is 38.5 Å². The minimum atomic E-state index is -0.152. The van der Waals surface area contributed by atoms with E-state index in [4.69, 9.17) is 22.7 Å². The Bertz CT molecular complexity index is 449. The molecule has 2 N–H and O–H groups in total. The zero-order valence-corrected chi connectivity index (χ0v) is 12.0. The molecule has 1 atom stereocenters. The lowest BCUT2D eigenvalue weighted by Crippen LogP contribution is -2.37. The van der Waals surface area contributed by atoms with Crippen LogP contribution in [-0.2, 0) is 0 Å². The molecule has 0 spiro atoms. The maximum Gasteiger partial charge on any atom is 0.119 e. The van der Waals surface area contributed by atoms with Gasteiger partial charge in [0.2, 0.25) is 0 Å². The van der Waals surface area contributed by atoms with Gasteiger partial charge in [0.15, 0.2) is 0 Å². The standard InChI is InChI=1S/C15H20N2OS/c1-4-9-17(10-5-2)14(15(16)19)12-7-6-8-13(11-12)18-3/h4-8,11,14H,1-2,9-10H2,3H3,(H2,16,19). The van der Waals surface area contributed by atoms with Crippen molar-refractivity contribution in [3.05, 3.63) is 55.1 Å². The van der Waals surface area contributed by atoms with Crippen molar-refractivity contribution in [3.63, 3.8) is 0 Å². The summed E-state index contributed by atoms with van der Waals surface area (Å²) in [5, 5.41) is 0. The minimum Gasteiger partial charge on any atom is -0.497 e. The number of nitrogens with two attached hydrogens (primary N) is 1. The number of hydrogen-bond acceptors (Lipinski definition) is 3. The normalized spacial score (nSPS) is 11.9. The fourth-order valence-electron chi connectivity index (χ4n) is 1.98. The second-order valence-electron chi connectivity index (χ2n) is 4.11. The molecule has 1 aromatic carbocycles. The van der Waals surface area contributed by atoms with Crippen molar-refractivity contribution in [1.82, 2.24) is 4.90 Å². The first-order valence-electron chi connectivity index (χ1n) is 6.03. The van der Waals surface area contributed by atoms with Gasteiger partial charge < -0.3 is 10.5 Å². The molecule has 1 unspecified atom stereocenters. The summed E-state index contributed by atoms with van der Waals surface area (Å²) in [4.78, 5) is 2.54. The minimum absolute atomic E-state index is 0.152. The van der Waals surface area contributed by atoms with Crippen LogP contribution in [0.5, 0.6) is 5.75 Å². The third-order valence-corrected chi connectivity index (χ3v) is 2.99. The lowest BCUT2D eigenvalue weighted by molar-refractivity contribution is 0.301. The molecular formula is C15H20N2OS. The van der Waals surface area contributed by atoms with Gasteiger partial charge in [-0.2, -0.15) is 0 Å². The highest BCUT2D eigenvalue weighted by Crippen LogP contribution is 2.24. The van der Waals surface area contributed by atoms with E-state index in [1.165, 1.54) is 0 Å². The summed E-state index contributed by atoms with van der Waals surface area (Å²) in [5.74, 6) is 0.788. The van der Waals surface area contributed by atoms with Gasteiger partial charge in [0.05, 0.1) is 18.1 Å². The smallest absolute Gasteiger partial charge is 0.119 e. The van der Waals surface area contributed by atoms with Crippen molar-refractivity contribution in [2.75, 3.05) is 20.2 Å². The Balaban J connectivity index is 3.12. The molecule has 1 aromatic rings. The van der Waals surface area contributed by atoms with Crippen LogP contribution in [0.2, 0.25) is 0 Å². The number of nitrogens with zero attached hydrogens (tertiary/aromatic N) is 1. The molecule has 0 radical (unpaired) electrons. The Morgan fingerprint density at radius 2 is 2.05 bits per heavy atom. The summed E-state index contributed by atoms with van der Waals surface area (Å²) in [5.41, 5.74) is 6.91. The Kier molecular flexibility index (Phi) is 6.25. The van der Waals surface area contributed by atoms with Crippen LogP contribution in [0.3, 0.4) is 0 Å². The van der Waals surface area contributed by atoms with Crippen LogP contribution in [0.25, 0.3) is 0 Å². The highest BCUT2D eigenvalue weighted by Gasteiger charge is 2.21. The summed E-state index contributed by atoms with van der Waals surface area (Å²) in [6.07, 6.45) is 3.66. The molecule has 0 saturated carbocycles. The number of benzene rings is 1. The number of methoxy groups -OCH3 is 1. The molecule has 0 aliphatic rings. The lowest BCUT2D eigenvalue weighted by Gasteiger charge is -2.29. The van der Waals surface area contributed by atoms with Gasteiger partial charge in [0.25, 0.3) is 0 Å². The molecule has 102 valence electrons. The van der Waals surface area contributed by atoms with E-state index in [0.29, 0.717) is 18.1 Å². The van der Waals surface area contributed by atoms with E-state index >= 15 is 0 Å². The molecular weight excluding hydrogens is 256 g/mol. The fraction of sp³-hybridized carbons (Fsp3) is 0.267. The summed E-state index contributed by atoms with van der Waals surface area (Å²) < 4.78 is 5.24. The molecule has 0 bridgehead atoms. The van der Waals surface area contributed by atoms with Crippen LogP contribution < -0.4 is 10.5 Å². The molecule has 0 saturated heterocycles. The molecule has 0 aliphatic carbocycles. The van der Waals surface area contributed by atoms with Gasteiger partial charge in [-0.25, -0.2) is 0 Å². The van der Waals surface area contributed by atoms with Gasteiger partial charge in [0.1, 0.15) is 5.75 Å². The molecule has 4 heteroatoms. The van der Waals surface area contributed by atoms with Crippen molar-refractivity contribution >= 4 is 17.2 Å². The molecule has 0 fully saturated rings.